The molecule has 646 valence electrons. The van der Waals surface area contributed by atoms with Crippen molar-refractivity contribution in [1.82, 2.24) is 43.4 Å². The Kier molecular flexibility index (Phi) is 30.1. The summed E-state index contributed by atoms with van der Waals surface area (Å²) in [5, 5.41) is 18.2. The molecule has 0 atom stereocenters. The van der Waals surface area contributed by atoms with Gasteiger partial charge in [0.05, 0.1) is 69.1 Å². The highest BCUT2D eigenvalue weighted by atomic mass is 127. The summed E-state index contributed by atoms with van der Waals surface area (Å²) in [7, 11) is -4.49. The van der Waals surface area contributed by atoms with Crippen LogP contribution in [0.25, 0.3) is 34.4 Å². The van der Waals surface area contributed by atoms with Gasteiger partial charge in [-0.25, -0.2) is 71.5 Å². The van der Waals surface area contributed by atoms with Gasteiger partial charge in [0.2, 0.25) is 23.4 Å². The largest absolute Gasteiger partial charge is 0.436 e. The summed E-state index contributed by atoms with van der Waals surface area (Å²) in [5.74, 6) is -4.29. The number of nitriles is 1. The molecule has 0 aliphatic heterocycles. The molecule has 6 aromatic heterocycles. The van der Waals surface area contributed by atoms with E-state index in [-0.39, 0.29) is 140 Å². The number of carbonyl (C=O) groups is 4. The van der Waals surface area contributed by atoms with Gasteiger partial charge in [-0.1, -0.05) is 82.8 Å². The number of sulfone groups is 1. The molecule has 2 aliphatic rings. The van der Waals surface area contributed by atoms with Gasteiger partial charge >= 0.3 is 0 Å². The minimum atomic E-state index is -4.30. The number of anilines is 3. The van der Waals surface area contributed by atoms with Crippen LogP contribution in [0.15, 0.2) is 217 Å². The molecule has 0 saturated carbocycles. The smallest absolute Gasteiger partial charge is 0.268 e. The van der Waals surface area contributed by atoms with E-state index < -0.39 is 66.3 Å². The number of alkyl halides is 1. The summed E-state index contributed by atoms with van der Waals surface area (Å²) in [4.78, 5) is 67.1. The molecule has 7 aromatic carbocycles. The van der Waals surface area contributed by atoms with Crippen LogP contribution >= 0.6 is 35.0 Å². The highest BCUT2D eigenvalue weighted by molar-refractivity contribution is 14.1. The van der Waals surface area contributed by atoms with Crippen LogP contribution in [-0.2, 0) is 56.2 Å². The summed E-state index contributed by atoms with van der Waals surface area (Å²) >= 11 is 2.15. The second-order valence-corrected chi connectivity index (χ2v) is 32.6. The molecule has 8 N–H and O–H groups in total. The predicted molar refractivity (Wildman–Crippen MR) is 476 cm³/mol. The molecule has 6 heterocycles. The van der Waals surface area contributed by atoms with E-state index >= 15 is 0 Å². The van der Waals surface area contributed by atoms with Crippen LogP contribution in [-0.4, -0.2) is 109 Å². The number of Topliss-reactive ketones (excluding diaryl/α,β-unsaturated/α-hetero) is 4. The van der Waals surface area contributed by atoms with Crippen molar-refractivity contribution < 1.29 is 78.0 Å². The molecule has 125 heavy (non-hydrogen) atoms. The molecule has 0 amide bonds. The first-order valence-electron chi connectivity index (χ1n) is 37.4. The molecule has 0 radical (unpaired) electrons. The van der Waals surface area contributed by atoms with Crippen molar-refractivity contribution in [2.45, 2.75) is 71.1 Å². The van der Waals surface area contributed by atoms with E-state index in [2.05, 4.69) is 47.7 Å². The van der Waals surface area contributed by atoms with Gasteiger partial charge in [-0.2, -0.15) is 15.5 Å². The van der Waals surface area contributed by atoms with Crippen LogP contribution < -0.4 is 37.1 Å². The quantitative estimate of drug-likeness (QED) is 0.00931. The van der Waals surface area contributed by atoms with Crippen molar-refractivity contribution >= 4 is 118 Å². The zero-order valence-corrected chi connectivity index (χ0v) is 72.9. The fourth-order valence-corrected chi connectivity index (χ4v) is 15.3. The van der Waals surface area contributed by atoms with Crippen LogP contribution in [0.4, 0.5) is 43.7 Å². The average molecular weight is 1880 g/mol. The van der Waals surface area contributed by atoms with Crippen molar-refractivity contribution in [2.24, 2.45) is 5.73 Å². The number of aryl methyl sites for hydroxylation is 4. The lowest BCUT2D eigenvalue weighted by Crippen LogP contribution is -2.20. The van der Waals surface area contributed by atoms with Crippen molar-refractivity contribution in [1.29, 1.82) is 5.26 Å². The molecular weight excluding hydrogens is 1790 g/mol. The SMILES string of the molecule is CC(=O)Cc1cc2c(cc1F)cc(C(=O)C(C#N)=CN(C)C)n2S(=O)(=O)c1ccc(C)cc1.CI.Cc1cc(Oc2ccccc2F)ncc1-n1ncc(C(=O)C2=Cc3cc(F)c(CS(C)(=O)=O)cc3C2)c1N.Cc1cc(Oc2ccccc2F)ncc1-n1ncc(C(=O)C2=Cc3cc(F)c(N)cc3C2)c1N.Cc1cc(Oc2ccccc2F)ncc1CN.Cl.[3HH]. The molecule has 0 bridgehead atoms. The number of allylic oxidation sites excluding steroid dienone is 3. The monoisotopic (exact) mass is 1880 g/mol. The Hall–Kier alpha value is -13.6. The number of para-hydroxylation sites is 3. The molecule has 35 heteroatoms. The Bertz CT molecular complexity index is 6780. The number of pyridine rings is 3. The van der Waals surface area contributed by atoms with E-state index in [9.17, 15) is 67.6 Å². The summed E-state index contributed by atoms with van der Waals surface area (Å²) in [6.07, 6.45) is 13.2. The van der Waals surface area contributed by atoms with Gasteiger partial charge in [-0.3, -0.25) is 19.2 Å². The highest BCUT2D eigenvalue weighted by Gasteiger charge is 2.32. The molecule has 25 nitrogen and oxygen atoms in total. The first-order valence-corrected chi connectivity index (χ1v) is 43.1. The van der Waals surface area contributed by atoms with E-state index in [1.54, 1.807) is 132 Å². The van der Waals surface area contributed by atoms with Gasteiger partial charge in [-0.05, 0) is 187 Å². The lowest BCUT2D eigenvalue weighted by atomic mass is 10.0. The lowest BCUT2D eigenvalue weighted by molar-refractivity contribution is -0.116. The maximum atomic E-state index is 14.6. The number of ketones is 4. The van der Waals surface area contributed by atoms with E-state index in [0.29, 0.717) is 69.2 Å². The number of nitrogen functional groups attached to an aromatic ring is 3. The number of benzene rings is 7. The number of nitrogens with zero attached hydrogens (tertiary/aromatic N) is 10. The molecule has 0 unspecified atom stereocenters. The Balaban J connectivity index is 0.000000193. The molecule has 13 aromatic rings. The van der Waals surface area contributed by atoms with Crippen molar-refractivity contribution in [3.05, 3.63) is 325 Å². The van der Waals surface area contributed by atoms with E-state index in [1.165, 1.54) is 131 Å². The second-order valence-electron chi connectivity index (χ2n) is 28.7. The zero-order valence-electron chi connectivity index (χ0n) is 68.3. The fraction of sp³-hybridized carbons (Fsp3) is 0.156. The van der Waals surface area contributed by atoms with E-state index in [1.807, 2.05) is 11.9 Å². The third-order valence-corrected chi connectivity index (χ3v) is 21.7. The molecular formula is C90H82ClF6IN14O11S2. The lowest BCUT2D eigenvalue weighted by Gasteiger charge is -2.13. The van der Waals surface area contributed by atoms with E-state index in [4.69, 9.17) is 37.1 Å². The highest BCUT2D eigenvalue weighted by Crippen LogP contribution is 2.38. The van der Waals surface area contributed by atoms with Crippen LogP contribution in [0.2, 0.25) is 0 Å². The normalized spacial score (nSPS) is 11.9. The number of hydrogen-bond acceptors (Lipinski definition) is 22. The number of carbonyl (C=O) groups excluding carboxylic acids is 4. The third-order valence-electron chi connectivity index (χ3n) is 19.1. The number of aromatic nitrogens is 8. The first kappa shape index (κ1) is 93.7. The Morgan fingerprint density at radius 1 is 0.568 bits per heavy atom. The standard InChI is InChI=1S/C27H22F2N4O4S.C25H19F2N5O2.C24H22FN3O4S.C13H13FN2O.CH3I.ClH.H2/c1-15-7-25(37-24-6-4-3-5-21(24)28)31-13-23(15)33-27(30)20(12-32-33)26(34)18-8-16-10-19(14-38(2,35)36)22(29)11-17(16)9-18;1-13-6-23(34-22-5-3-2-4-18(22)26)30-12-21(13)32-25(29)17(11-31-32)24(33)16-7-14-9-19(27)20(28)10-15(14)8-16;1-15-5-7-20(8-6-15)33(31,32)28-22-11-17(9-16(2)29)21(25)10-18(22)12-23(28)24(30)19(13-26)14-27(3)4;1-9-6-13(16-8-10(9)7-15)17-12-5-3-2-4-11(12)14;1-2;;/h3-7,9-13H,8,14,30H2,1-2H3;2-7,9-12H,8,28-29H2,1H3;5-8,10-12,14H,9H2,1-4H3;2-6,8H,7,15H2,1H3;1H3;2*1H/i;;;;;;1+2. The number of nitrogens with two attached hydrogens (primary N) is 4. The van der Waals surface area contributed by atoms with Crippen LogP contribution in [0.1, 0.15) is 101 Å². The summed E-state index contributed by atoms with van der Waals surface area (Å²) in [6.45, 7) is 9.01. The topological polar surface area (TPSA) is 375 Å². The molecule has 0 spiro atoms. The summed E-state index contributed by atoms with van der Waals surface area (Å²) in [6, 6.07) is 40.2. The van der Waals surface area contributed by atoms with Gasteiger partial charge < -0.3 is 42.0 Å². The van der Waals surface area contributed by atoms with Gasteiger partial charge in [0.15, 0.2) is 56.1 Å². The summed E-state index contributed by atoms with van der Waals surface area (Å²) < 4.78 is 154. The minimum absolute atomic E-state index is 0. The predicted octanol–water partition coefficient (Wildman–Crippen LogP) is 17.3. The van der Waals surface area contributed by atoms with E-state index in [0.717, 1.165) is 38.5 Å². The Labute approximate surface area is 736 Å². The minimum Gasteiger partial charge on any atom is -0.436 e. The van der Waals surface area contributed by atoms with Gasteiger partial charge in [0.25, 0.3) is 10.0 Å². The van der Waals surface area contributed by atoms with Crippen LogP contribution in [0.3, 0.4) is 0 Å². The average Bonchev–Trinajstić information content (AvgIpc) is 1.58. The second kappa shape index (κ2) is 40.2. The third kappa shape index (κ3) is 21.9. The molecule has 15 rings (SSSR count). The summed E-state index contributed by atoms with van der Waals surface area (Å²) in [5.41, 5.74) is 32.3. The van der Waals surface area contributed by atoms with Crippen molar-refractivity contribution in [2.75, 3.05) is 42.5 Å². The number of fused-ring (bicyclic) bond motifs is 3. The Morgan fingerprint density at radius 3 is 1.45 bits per heavy atom. The van der Waals surface area contributed by atoms with Crippen molar-refractivity contribution in [3.8, 4) is 52.3 Å². The first-order chi connectivity index (χ1) is 59.0. The van der Waals surface area contributed by atoms with Crippen LogP contribution in [0, 0.1) is 73.9 Å². The maximum absolute atomic E-state index is 14.6. The molecule has 0 fully saturated rings. The number of ether oxygens (including phenoxy) is 3. The van der Waals surface area contributed by atoms with Gasteiger partial charge in [0.1, 0.15) is 52.2 Å². The van der Waals surface area contributed by atoms with Crippen molar-refractivity contribution in [3.63, 3.8) is 0 Å². The van der Waals surface area contributed by atoms with Gasteiger partial charge in [-0.15, -0.1) is 12.4 Å². The Morgan fingerprint density at radius 2 is 1.02 bits per heavy atom. The fourth-order valence-electron chi connectivity index (χ4n) is 13.0. The number of rotatable bonds is 22. The zero-order chi connectivity index (χ0) is 89.9. The number of halogens is 8. The van der Waals surface area contributed by atoms with Crippen LogP contribution in [0.5, 0.6) is 34.9 Å². The maximum Gasteiger partial charge on any atom is 0.268 e. The van der Waals surface area contributed by atoms with Gasteiger partial charge in [0, 0.05) is 100 Å². The number of hydrogen-bond donors (Lipinski definition) is 4. The molecule has 0 saturated heterocycles. The molecule has 2 aliphatic carbocycles.